The molecule has 164 valence electrons. The third-order valence-electron chi connectivity index (χ3n) is 7.05. The summed E-state index contributed by atoms with van der Waals surface area (Å²) < 4.78 is 28.8. The van der Waals surface area contributed by atoms with Crippen LogP contribution in [-0.2, 0) is 13.0 Å². The second kappa shape index (κ2) is 6.68. The molecule has 0 radical (unpaired) electrons. The zero-order valence-electron chi connectivity index (χ0n) is 17.0. The second-order valence-corrected chi connectivity index (χ2v) is 9.82. The summed E-state index contributed by atoms with van der Waals surface area (Å²) in [6.45, 7) is 3.37. The number of rotatable bonds is 3. The molecule has 1 amide bonds. The summed E-state index contributed by atoms with van der Waals surface area (Å²) in [7, 11) is 0. The molecule has 1 aliphatic carbocycles. The highest BCUT2D eigenvalue weighted by Crippen LogP contribution is 2.56. The Morgan fingerprint density at radius 1 is 1.22 bits per heavy atom. The lowest BCUT2D eigenvalue weighted by molar-refractivity contribution is 0.0607. The van der Waals surface area contributed by atoms with E-state index in [0.717, 1.165) is 17.4 Å². The minimum absolute atomic E-state index is 0.0158. The average Bonchev–Trinajstić information content (AvgIpc) is 3.09. The van der Waals surface area contributed by atoms with Crippen LogP contribution in [0.25, 0.3) is 10.6 Å². The zero-order valence-corrected chi connectivity index (χ0v) is 17.8. The molecule has 4 heterocycles. The van der Waals surface area contributed by atoms with Crippen LogP contribution in [0.2, 0.25) is 0 Å². The molecule has 0 bridgehead atoms. The van der Waals surface area contributed by atoms with Gasteiger partial charge >= 0.3 is 0 Å². The van der Waals surface area contributed by atoms with Crippen molar-refractivity contribution in [3.63, 3.8) is 0 Å². The van der Waals surface area contributed by atoms with Crippen LogP contribution in [0.1, 0.15) is 28.0 Å². The molecule has 4 atom stereocenters. The van der Waals surface area contributed by atoms with Crippen molar-refractivity contribution < 1.29 is 18.7 Å². The van der Waals surface area contributed by atoms with Gasteiger partial charge in [0.2, 0.25) is 5.43 Å². The lowest BCUT2D eigenvalue weighted by Gasteiger charge is -2.35. The lowest BCUT2D eigenvalue weighted by atomic mass is 10.1. The highest BCUT2D eigenvalue weighted by molar-refractivity contribution is 7.14. The minimum atomic E-state index is -0.684. The first-order valence-corrected chi connectivity index (χ1v) is 11.2. The van der Waals surface area contributed by atoms with E-state index >= 15 is 0 Å². The molecule has 1 N–H and O–H groups in total. The molecule has 32 heavy (non-hydrogen) atoms. The largest absolute Gasteiger partial charge is 0.503 e. The van der Waals surface area contributed by atoms with E-state index in [-0.39, 0.29) is 40.2 Å². The normalized spacial score (nSPS) is 25.5. The van der Waals surface area contributed by atoms with E-state index in [1.807, 2.05) is 0 Å². The molecule has 7 nitrogen and oxygen atoms in total. The number of carbonyl (C=O) groups excluding carboxylic acids is 1. The molecule has 2 aliphatic heterocycles. The number of aromatic nitrogens is 3. The van der Waals surface area contributed by atoms with Gasteiger partial charge < -0.3 is 14.6 Å². The first kappa shape index (κ1) is 19.5. The highest BCUT2D eigenvalue weighted by atomic mass is 32.1. The molecule has 10 heteroatoms. The number of amides is 1. The lowest BCUT2D eigenvalue weighted by Crippen LogP contribution is -2.48. The molecule has 0 spiro atoms. The van der Waals surface area contributed by atoms with Crippen LogP contribution >= 0.6 is 11.3 Å². The Hall–Kier alpha value is -3.14. The van der Waals surface area contributed by atoms with Crippen LogP contribution in [0, 0.1) is 29.4 Å². The molecule has 2 aromatic heterocycles. The third-order valence-corrected chi connectivity index (χ3v) is 8.00. The summed E-state index contributed by atoms with van der Waals surface area (Å²) in [6.07, 6.45) is 1.66. The minimum Gasteiger partial charge on any atom is -0.503 e. The van der Waals surface area contributed by atoms with Crippen LogP contribution in [0.3, 0.4) is 0 Å². The van der Waals surface area contributed by atoms with Crippen LogP contribution in [0.5, 0.6) is 5.75 Å². The number of fused-ring (bicyclic) bond motifs is 4. The molecule has 1 saturated heterocycles. The summed E-state index contributed by atoms with van der Waals surface area (Å²) in [6, 6.07) is 3.38. The van der Waals surface area contributed by atoms with Crippen molar-refractivity contribution in [2.75, 3.05) is 6.54 Å². The number of piperidine rings is 1. The monoisotopic (exact) mass is 456 g/mol. The maximum atomic E-state index is 14.0. The molecule has 6 rings (SSSR count). The molecule has 1 saturated carbocycles. The van der Waals surface area contributed by atoms with Crippen molar-refractivity contribution in [2.24, 2.45) is 17.8 Å². The standard InChI is InChI=1S/C22H18F2N4O3S/c1-9-12-7-28-15(17(9)12)8-27-6-13(19(29)20(30)18(27)22(28)31)21-26-25-16(32-21)4-10-2-3-11(23)5-14(10)24/h2-3,5-6,9,12,15,17,30H,4,7-8H2,1H3/t9-,12+,15-,17-/m1/s1. The average molecular weight is 456 g/mol. The molecular weight excluding hydrogens is 438 g/mol. The fourth-order valence-corrected chi connectivity index (χ4v) is 6.17. The summed E-state index contributed by atoms with van der Waals surface area (Å²) in [4.78, 5) is 27.6. The van der Waals surface area contributed by atoms with Gasteiger partial charge in [0.1, 0.15) is 16.6 Å². The maximum Gasteiger partial charge on any atom is 0.274 e. The smallest absolute Gasteiger partial charge is 0.274 e. The Balaban J connectivity index is 1.35. The molecule has 1 aromatic carbocycles. The van der Waals surface area contributed by atoms with Crippen LogP contribution in [0.4, 0.5) is 8.78 Å². The van der Waals surface area contributed by atoms with E-state index in [0.29, 0.717) is 35.9 Å². The van der Waals surface area contributed by atoms with Gasteiger partial charge in [0.25, 0.3) is 5.91 Å². The van der Waals surface area contributed by atoms with Crippen molar-refractivity contribution in [1.29, 1.82) is 0 Å². The van der Waals surface area contributed by atoms with Crippen LogP contribution < -0.4 is 5.43 Å². The van der Waals surface area contributed by atoms with Gasteiger partial charge in [-0.05, 0) is 29.4 Å². The van der Waals surface area contributed by atoms with Crippen LogP contribution in [0.15, 0.2) is 29.2 Å². The van der Waals surface area contributed by atoms with Crippen molar-refractivity contribution in [3.05, 3.63) is 62.5 Å². The number of benzene rings is 1. The Labute approximate surface area is 184 Å². The summed E-state index contributed by atoms with van der Waals surface area (Å²) >= 11 is 1.09. The summed E-state index contributed by atoms with van der Waals surface area (Å²) in [5.41, 5.74) is -0.258. The van der Waals surface area contributed by atoms with Gasteiger partial charge in [-0.1, -0.05) is 24.3 Å². The highest BCUT2D eigenvalue weighted by Gasteiger charge is 2.61. The Morgan fingerprint density at radius 3 is 2.81 bits per heavy atom. The van der Waals surface area contributed by atoms with Gasteiger partial charge in [-0.3, -0.25) is 9.59 Å². The first-order valence-electron chi connectivity index (χ1n) is 10.4. The number of hydrogen-bond donors (Lipinski definition) is 1. The zero-order chi connectivity index (χ0) is 22.3. The number of hydrogen-bond acceptors (Lipinski definition) is 6. The van der Waals surface area contributed by atoms with Crippen molar-refractivity contribution >= 4 is 17.2 Å². The van der Waals surface area contributed by atoms with Gasteiger partial charge in [-0.15, -0.1) is 10.2 Å². The Kier molecular flexibility index (Phi) is 4.08. The number of aromatic hydroxyl groups is 1. The van der Waals surface area contributed by atoms with Gasteiger partial charge in [0.05, 0.1) is 11.6 Å². The van der Waals surface area contributed by atoms with Gasteiger partial charge in [-0.2, -0.15) is 0 Å². The van der Waals surface area contributed by atoms with Crippen LogP contribution in [-0.4, -0.2) is 43.3 Å². The molecule has 2 fully saturated rings. The van der Waals surface area contributed by atoms with E-state index in [1.54, 1.807) is 15.7 Å². The van der Waals surface area contributed by atoms with Crippen molar-refractivity contribution in [2.45, 2.75) is 25.9 Å². The van der Waals surface area contributed by atoms with Gasteiger partial charge in [-0.25, -0.2) is 8.78 Å². The molecular formula is C22H18F2N4O3S. The van der Waals surface area contributed by atoms with E-state index in [2.05, 4.69) is 17.1 Å². The SMILES string of the molecule is C[C@@H]1[C@@H]2CN3C(=O)c4c(O)c(=O)c(-c5nnc(Cc6ccc(F)cc6F)s5)cn4C[C@@H]3[C@H]12. The molecule has 3 aromatic rings. The van der Waals surface area contributed by atoms with Gasteiger partial charge in [0.15, 0.2) is 16.5 Å². The molecule has 3 aliphatic rings. The number of nitrogens with zero attached hydrogens (tertiary/aromatic N) is 4. The second-order valence-electron chi connectivity index (χ2n) is 8.76. The molecule has 0 unspecified atom stereocenters. The quantitative estimate of drug-likeness (QED) is 0.655. The predicted octanol–water partition coefficient (Wildman–Crippen LogP) is 2.66. The number of pyridine rings is 1. The predicted molar refractivity (Wildman–Crippen MR) is 111 cm³/mol. The van der Waals surface area contributed by atoms with E-state index < -0.39 is 22.8 Å². The first-order chi connectivity index (χ1) is 15.3. The Morgan fingerprint density at radius 2 is 2.03 bits per heavy atom. The fourth-order valence-electron chi connectivity index (χ4n) is 5.30. The van der Waals surface area contributed by atoms with Crippen molar-refractivity contribution in [3.8, 4) is 16.3 Å². The van der Waals surface area contributed by atoms with E-state index in [1.165, 1.54) is 12.1 Å². The van der Waals surface area contributed by atoms with E-state index in [9.17, 15) is 23.5 Å². The van der Waals surface area contributed by atoms with Gasteiger partial charge in [0, 0.05) is 31.8 Å². The summed E-state index contributed by atoms with van der Waals surface area (Å²) in [5, 5.41) is 19.4. The number of carbonyl (C=O) groups is 1. The topological polar surface area (TPSA) is 88.3 Å². The number of halogens is 2. The Bertz CT molecular complexity index is 1350. The summed E-state index contributed by atoms with van der Waals surface area (Å²) in [5.74, 6) is -0.715. The fraction of sp³-hybridized carbons (Fsp3) is 0.364. The third kappa shape index (κ3) is 2.75. The van der Waals surface area contributed by atoms with E-state index in [4.69, 9.17) is 0 Å². The van der Waals surface area contributed by atoms with Crippen molar-refractivity contribution in [1.82, 2.24) is 19.7 Å². The maximum absolute atomic E-state index is 14.0.